The number of carbonyl (C=O) groups is 1. The van der Waals surface area contributed by atoms with E-state index >= 15 is 0 Å². The molecule has 2 aromatic carbocycles. The van der Waals surface area contributed by atoms with Gasteiger partial charge < -0.3 is 15.4 Å². The van der Waals surface area contributed by atoms with Crippen molar-refractivity contribution >= 4 is 29.0 Å². The Bertz CT molecular complexity index is 617. The second kappa shape index (κ2) is 7.59. The third-order valence-corrected chi connectivity index (χ3v) is 3.72. The van der Waals surface area contributed by atoms with Crippen molar-refractivity contribution in [1.29, 1.82) is 0 Å². The van der Waals surface area contributed by atoms with Crippen LogP contribution in [0.5, 0.6) is 5.75 Å². The Labute approximate surface area is 128 Å². The van der Waals surface area contributed by atoms with Crippen LogP contribution in [-0.4, -0.2) is 25.8 Å². The summed E-state index contributed by atoms with van der Waals surface area (Å²) >= 11 is 1.64. The second-order valence-electron chi connectivity index (χ2n) is 4.30. The minimum Gasteiger partial charge on any atom is -0.495 e. The molecule has 0 unspecified atom stereocenters. The van der Waals surface area contributed by atoms with Gasteiger partial charge in [-0.15, -0.1) is 11.8 Å². The molecule has 0 aliphatic carbocycles. The number of rotatable bonds is 6. The van der Waals surface area contributed by atoms with Crippen LogP contribution in [0.3, 0.4) is 0 Å². The predicted molar refractivity (Wildman–Crippen MR) is 88.3 cm³/mol. The fourth-order valence-corrected chi connectivity index (χ4v) is 2.48. The topological polar surface area (TPSA) is 50.4 Å². The molecule has 0 radical (unpaired) electrons. The molecule has 0 aliphatic rings. The predicted octanol–water partition coefficient (Wildman–Crippen LogP) is 3.47. The first-order valence-corrected chi connectivity index (χ1v) is 7.77. The number of carbonyl (C=O) groups excluding carboxylic acids is 1. The Balaban J connectivity index is 1.96. The van der Waals surface area contributed by atoms with Crippen molar-refractivity contribution in [2.24, 2.45) is 0 Å². The van der Waals surface area contributed by atoms with Gasteiger partial charge >= 0.3 is 0 Å². The quantitative estimate of drug-likeness (QED) is 0.802. The van der Waals surface area contributed by atoms with Gasteiger partial charge in [-0.3, -0.25) is 4.79 Å². The van der Waals surface area contributed by atoms with E-state index in [1.807, 2.05) is 54.8 Å². The van der Waals surface area contributed by atoms with Gasteiger partial charge in [-0.05, 0) is 30.5 Å². The number of amides is 1. The molecule has 2 rings (SSSR count). The Morgan fingerprint density at radius 2 is 1.76 bits per heavy atom. The summed E-state index contributed by atoms with van der Waals surface area (Å²) in [5.41, 5.74) is 1.63. The van der Waals surface area contributed by atoms with Crippen molar-refractivity contribution in [3.8, 4) is 5.75 Å². The maximum Gasteiger partial charge on any atom is 0.243 e. The molecule has 5 heteroatoms. The molecule has 110 valence electrons. The molecule has 0 aromatic heterocycles. The molecular formula is C16H18N2O2S. The number of hydrogen-bond acceptors (Lipinski definition) is 4. The van der Waals surface area contributed by atoms with Gasteiger partial charge in [-0.25, -0.2) is 0 Å². The van der Waals surface area contributed by atoms with Crippen molar-refractivity contribution in [3.05, 3.63) is 48.5 Å². The summed E-state index contributed by atoms with van der Waals surface area (Å²) in [5, 5.41) is 5.98. The molecule has 0 fully saturated rings. The number of hydrogen-bond donors (Lipinski definition) is 2. The summed E-state index contributed by atoms with van der Waals surface area (Å²) in [7, 11) is 1.58. The Kier molecular flexibility index (Phi) is 5.51. The first-order valence-electron chi connectivity index (χ1n) is 6.54. The van der Waals surface area contributed by atoms with E-state index in [2.05, 4.69) is 10.6 Å². The number of methoxy groups -OCH3 is 1. The summed E-state index contributed by atoms with van der Waals surface area (Å²) in [6.45, 7) is 0.204. The van der Waals surface area contributed by atoms with Gasteiger partial charge in [0.2, 0.25) is 5.91 Å². The summed E-state index contributed by atoms with van der Waals surface area (Å²) in [4.78, 5) is 13.1. The van der Waals surface area contributed by atoms with Crippen LogP contribution >= 0.6 is 11.8 Å². The summed E-state index contributed by atoms with van der Waals surface area (Å²) in [5.74, 6) is 0.533. The largest absolute Gasteiger partial charge is 0.495 e. The van der Waals surface area contributed by atoms with Crippen LogP contribution in [0, 0.1) is 0 Å². The van der Waals surface area contributed by atoms with Crippen LogP contribution in [-0.2, 0) is 4.79 Å². The smallest absolute Gasteiger partial charge is 0.243 e. The molecule has 0 aliphatic heterocycles. The van der Waals surface area contributed by atoms with E-state index in [0.717, 1.165) is 10.6 Å². The van der Waals surface area contributed by atoms with Gasteiger partial charge in [0.15, 0.2) is 0 Å². The molecule has 1 amide bonds. The first kappa shape index (κ1) is 15.3. The molecule has 0 heterocycles. The molecule has 0 bridgehead atoms. The van der Waals surface area contributed by atoms with Crippen molar-refractivity contribution in [2.45, 2.75) is 4.90 Å². The number of anilines is 2. The molecule has 0 atom stereocenters. The highest BCUT2D eigenvalue weighted by molar-refractivity contribution is 7.98. The van der Waals surface area contributed by atoms with Gasteiger partial charge in [-0.2, -0.15) is 0 Å². The minimum atomic E-state index is -0.115. The summed E-state index contributed by atoms with van der Waals surface area (Å²) < 4.78 is 5.21. The summed E-state index contributed by atoms with van der Waals surface area (Å²) in [6.07, 6.45) is 2.01. The zero-order valence-electron chi connectivity index (χ0n) is 12.1. The highest BCUT2D eigenvalue weighted by atomic mass is 32.2. The monoisotopic (exact) mass is 302 g/mol. The van der Waals surface area contributed by atoms with E-state index in [1.165, 1.54) is 0 Å². The molecular weight excluding hydrogens is 284 g/mol. The van der Waals surface area contributed by atoms with Crippen LogP contribution in [0.25, 0.3) is 0 Å². The Hall–Kier alpha value is -2.14. The average Bonchev–Trinajstić information content (AvgIpc) is 2.53. The van der Waals surface area contributed by atoms with Gasteiger partial charge in [0.05, 0.1) is 19.3 Å². The van der Waals surface area contributed by atoms with Gasteiger partial charge in [0.1, 0.15) is 5.75 Å². The van der Waals surface area contributed by atoms with Gasteiger partial charge in [-0.1, -0.05) is 24.3 Å². The maximum atomic E-state index is 12.0. The number of nitrogens with one attached hydrogen (secondary N) is 2. The molecule has 0 saturated heterocycles. The van der Waals surface area contributed by atoms with Crippen molar-refractivity contribution in [3.63, 3.8) is 0 Å². The van der Waals surface area contributed by atoms with E-state index in [0.29, 0.717) is 11.4 Å². The second-order valence-corrected chi connectivity index (χ2v) is 5.15. The maximum absolute atomic E-state index is 12.0. The van der Waals surface area contributed by atoms with Crippen LogP contribution in [0.4, 0.5) is 11.4 Å². The van der Waals surface area contributed by atoms with Crippen LogP contribution < -0.4 is 15.4 Å². The van der Waals surface area contributed by atoms with Crippen molar-refractivity contribution in [1.82, 2.24) is 0 Å². The molecule has 4 nitrogen and oxygen atoms in total. The standard InChI is InChI=1S/C16H18N2O2S/c1-20-14-9-5-3-7-12(14)18-16(19)11-17-13-8-4-6-10-15(13)21-2/h3-10,17H,11H2,1-2H3,(H,18,19). The number of thioether (sulfide) groups is 1. The lowest BCUT2D eigenvalue weighted by Crippen LogP contribution is -2.22. The Morgan fingerprint density at radius 1 is 1.10 bits per heavy atom. The van der Waals surface area contributed by atoms with E-state index < -0.39 is 0 Å². The Morgan fingerprint density at radius 3 is 2.48 bits per heavy atom. The van der Waals surface area contributed by atoms with Crippen LogP contribution in [0.15, 0.2) is 53.4 Å². The molecule has 2 aromatic rings. The third-order valence-electron chi connectivity index (χ3n) is 2.93. The summed E-state index contributed by atoms with van der Waals surface area (Å²) in [6, 6.07) is 15.2. The fourth-order valence-electron chi connectivity index (χ4n) is 1.91. The van der Waals surface area contributed by atoms with E-state index in [1.54, 1.807) is 18.9 Å². The van der Waals surface area contributed by atoms with Crippen LogP contribution in [0.2, 0.25) is 0 Å². The van der Waals surface area contributed by atoms with E-state index in [9.17, 15) is 4.79 Å². The molecule has 21 heavy (non-hydrogen) atoms. The highest BCUT2D eigenvalue weighted by Crippen LogP contribution is 2.25. The zero-order valence-corrected chi connectivity index (χ0v) is 12.9. The normalized spacial score (nSPS) is 10.0. The number of benzene rings is 2. The number of ether oxygens (including phenoxy) is 1. The third kappa shape index (κ3) is 4.16. The number of para-hydroxylation sites is 3. The lowest BCUT2D eigenvalue weighted by molar-refractivity contribution is -0.114. The first-order chi connectivity index (χ1) is 10.2. The van der Waals surface area contributed by atoms with Gasteiger partial charge in [0.25, 0.3) is 0 Å². The zero-order chi connectivity index (χ0) is 15.1. The fraction of sp³-hybridized carbons (Fsp3) is 0.188. The lowest BCUT2D eigenvalue weighted by atomic mass is 10.3. The van der Waals surface area contributed by atoms with Gasteiger partial charge in [0, 0.05) is 10.6 Å². The van der Waals surface area contributed by atoms with Crippen molar-refractivity contribution in [2.75, 3.05) is 30.5 Å². The molecule has 0 saturated carbocycles. The molecule has 0 spiro atoms. The molecule has 2 N–H and O–H groups in total. The highest BCUT2D eigenvalue weighted by Gasteiger charge is 2.07. The SMILES string of the molecule is COc1ccccc1NC(=O)CNc1ccccc1SC. The minimum absolute atomic E-state index is 0.115. The van der Waals surface area contributed by atoms with E-state index in [-0.39, 0.29) is 12.5 Å². The lowest BCUT2D eigenvalue weighted by Gasteiger charge is -2.12. The van der Waals surface area contributed by atoms with Crippen LogP contribution in [0.1, 0.15) is 0 Å². The van der Waals surface area contributed by atoms with E-state index in [4.69, 9.17) is 4.74 Å². The average molecular weight is 302 g/mol. The van der Waals surface area contributed by atoms with Crippen molar-refractivity contribution < 1.29 is 9.53 Å².